The number of aromatic nitrogens is 3. The van der Waals surface area contributed by atoms with E-state index in [-0.39, 0.29) is 23.4 Å². The van der Waals surface area contributed by atoms with Crippen LogP contribution in [0, 0.1) is 31.0 Å². The zero-order valence-electron chi connectivity index (χ0n) is 22.4. The summed E-state index contributed by atoms with van der Waals surface area (Å²) in [6.45, 7) is 10.1. The molecule has 1 saturated heterocycles. The zero-order chi connectivity index (χ0) is 27.4. The third-order valence-electron chi connectivity index (χ3n) is 7.62. The third-order valence-corrected chi connectivity index (χ3v) is 7.62. The summed E-state index contributed by atoms with van der Waals surface area (Å²) >= 11 is 0. The summed E-state index contributed by atoms with van der Waals surface area (Å²) < 4.78 is 21.5. The molecule has 1 unspecified atom stereocenters. The molecule has 1 saturated carbocycles. The van der Waals surface area contributed by atoms with E-state index in [9.17, 15) is 14.7 Å². The summed E-state index contributed by atoms with van der Waals surface area (Å²) in [5, 5.41) is 12.8. The number of ether oxygens (including phenoxy) is 1. The molecule has 9 nitrogen and oxygen atoms in total. The van der Waals surface area contributed by atoms with Gasteiger partial charge in [-0.15, -0.1) is 0 Å². The number of carbonyl (C=O) groups is 2. The van der Waals surface area contributed by atoms with Crippen molar-refractivity contribution in [2.75, 3.05) is 19.7 Å². The number of amides is 2. The molecule has 2 aromatic heterocycles. The van der Waals surface area contributed by atoms with E-state index in [1.807, 2.05) is 13.8 Å². The highest BCUT2D eigenvalue weighted by molar-refractivity contribution is 6.09. The number of hydrogen-bond acceptors (Lipinski definition) is 6. The Bertz CT molecular complexity index is 1410. The maximum atomic E-state index is 15.5. The van der Waals surface area contributed by atoms with Crippen LogP contribution in [0.25, 0.3) is 22.3 Å². The average Bonchev–Trinajstić information content (AvgIpc) is 3.55. The van der Waals surface area contributed by atoms with E-state index in [4.69, 9.17) is 4.74 Å². The number of aromatic amines is 1. The standard InChI is InChI=1S/C28H34FN5O4/c1-14-6-9-18(38-11-17-7-8-17)21(22(14)29)24-25-23(30-13-31-24)20(15(2)32-25)26(36)33-19-10-34(12-28(19,4)5)27(37)16(3)35/h6,9,13,16-17,19,32,35H,7-8,10-12H2,1-5H3,(H,33,36)/t16-,19?/m0/s1. The van der Waals surface area contributed by atoms with Gasteiger partial charge in [0.1, 0.15) is 35.2 Å². The number of H-pyrrole nitrogens is 1. The molecule has 38 heavy (non-hydrogen) atoms. The number of rotatable bonds is 7. The van der Waals surface area contributed by atoms with Gasteiger partial charge in [0.05, 0.1) is 29.3 Å². The summed E-state index contributed by atoms with van der Waals surface area (Å²) in [6.07, 6.45) is 2.44. The lowest BCUT2D eigenvalue weighted by atomic mass is 9.87. The fourth-order valence-corrected chi connectivity index (χ4v) is 5.12. The van der Waals surface area contributed by atoms with Crippen molar-refractivity contribution in [2.24, 2.45) is 11.3 Å². The third kappa shape index (κ3) is 4.73. The number of likely N-dealkylation sites (tertiary alicyclic amines) is 1. The van der Waals surface area contributed by atoms with Crippen LogP contribution >= 0.6 is 0 Å². The van der Waals surface area contributed by atoms with Crippen LogP contribution < -0.4 is 10.1 Å². The van der Waals surface area contributed by atoms with Crippen LogP contribution in [-0.4, -0.2) is 68.6 Å². The first-order valence-corrected chi connectivity index (χ1v) is 13.0. The Labute approximate surface area is 220 Å². The first-order valence-electron chi connectivity index (χ1n) is 13.0. The van der Waals surface area contributed by atoms with Crippen molar-refractivity contribution in [3.63, 3.8) is 0 Å². The average molecular weight is 524 g/mol. The predicted octanol–water partition coefficient (Wildman–Crippen LogP) is 3.52. The van der Waals surface area contributed by atoms with Crippen LogP contribution in [-0.2, 0) is 4.79 Å². The second-order valence-electron chi connectivity index (χ2n) is 11.3. The van der Waals surface area contributed by atoms with E-state index >= 15 is 4.39 Å². The molecule has 0 radical (unpaired) electrons. The van der Waals surface area contributed by atoms with Gasteiger partial charge in [0.15, 0.2) is 0 Å². The molecule has 2 amide bonds. The van der Waals surface area contributed by atoms with Crippen molar-refractivity contribution in [3.8, 4) is 17.0 Å². The number of fused-ring (bicyclic) bond motifs is 1. The van der Waals surface area contributed by atoms with Gasteiger partial charge in [-0.25, -0.2) is 14.4 Å². The number of aliphatic hydroxyl groups is 1. The molecule has 10 heteroatoms. The fraction of sp³-hybridized carbons (Fsp3) is 0.500. The highest BCUT2D eigenvalue weighted by Crippen LogP contribution is 2.39. The number of carbonyl (C=O) groups excluding carboxylic acids is 2. The molecule has 1 aliphatic heterocycles. The van der Waals surface area contributed by atoms with Crippen molar-refractivity contribution in [1.82, 2.24) is 25.2 Å². The lowest BCUT2D eigenvalue weighted by Crippen LogP contribution is -2.44. The van der Waals surface area contributed by atoms with Crippen LogP contribution in [0.4, 0.5) is 4.39 Å². The molecule has 1 aromatic carbocycles. The lowest BCUT2D eigenvalue weighted by molar-refractivity contribution is -0.138. The van der Waals surface area contributed by atoms with Crippen molar-refractivity contribution in [3.05, 3.63) is 41.1 Å². The summed E-state index contributed by atoms with van der Waals surface area (Å²) in [4.78, 5) is 39.5. The number of halogens is 1. The number of aliphatic hydroxyl groups excluding tert-OH is 1. The van der Waals surface area contributed by atoms with Gasteiger partial charge >= 0.3 is 0 Å². The first-order chi connectivity index (χ1) is 18.0. The van der Waals surface area contributed by atoms with E-state index < -0.39 is 17.3 Å². The van der Waals surface area contributed by atoms with E-state index in [0.29, 0.717) is 64.9 Å². The van der Waals surface area contributed by atoms with Gasteiger partial charge < -0.3 is 25.0 Å². The molecule has 2 atom stereocenters. The minimum atomic E-state index is -1.11. The monoisotopic (exact) mass is 523 g/mol. The van der Waals surface area contributed by atoms with Crippen LogP contribution in [0.1, 0.15) is 55.2 Å². The Morgan fingerprint density at radius 3 is 2.71 bits per heavy atom. The summed E-state index contributed by atoms with van der Waals surface area (Å²) in [6, 6.07) is 3.11. The minimum Gasteiger partial charge on any atom is -0.492 e. The predicted molar refractivity (Wildman–Crippen MR) is 140 cm³/mol. The molecule has 3 N–H and O–H groups in total. The van der Waals surface area contributed by atoms with Gasteiger partial charge in [0, 0.05) is 24.2 Å². The van der Waals surface area contributed by atoms with Gasteiger partial charge in [-0.2, -0.15) is 0 Å². The first kappa shape index (κ1) is 26.1. The van der Waals surface area contributed by atoms with Crippen molar-refractivity contribution in [2.45, 2.75) is 59.6 Å². The maximum Gasteiger partial charge on any atom is 0.255 e. The number of benzene rings is 1. The summed E-state index contributed by atoms with van der Waals surface area (Å²) in [7, 11) is 0. The normalized spacial score (nSPS) is 19.6. The van der Waals surface area contributed by atoms with Crippen LogP contribution in [0.2, 0.25) is 0 Å². The second-order valence-corrected chi connectivity index (χ2v) is 11.3. The highest BCUT2D eigenvalue weighted by atomic mass is 19.1. The highest BCUT2D eigenvalue weighted by Gasteiger charge is 2.43. The molecular formula is C28H34FN5O4. The van der Waals surface area contributed by atoms with Gasteiger partial charge in [-0.3, -0.25) is 9.59 Å². The van der Waals surface area contributed by atoms with Crippen LogP contribution in [0.5, 0.6) is 5.75 Å². The quantitative estimate of drug-likeness (QED) is 0.436. The summed E-state index contributed by atoms with van der Waals surface area (Å²) in [5.74, 6) is -0.235. The number of nitrogens with zero attached hydrogens (tertiary/aromatic N) is 3. The molecule has 2 fully saturated rings. The Morgan fingerprint density at radius 2 is 2.03 bits per heavy atom. The molecule has 202 valence electrons. The Morgan fingerprint density at radius 1 is 1.29 bits per heavy atom. The fourth-order valence-electron chi connectivity index (χ4n) is 5.12. The molecule has 3 heterocycles. The summed E-state index contributed by atoms with van der Waals surface area (Å²) in [5.41, 5.74) is 2.38. The van der Waals surface area contributed by atoms with Crippen LogP contribution in [0.15, 0.2) is 18.5 Å². The molecule has 5 rings (SSSR count). The molecule has 0 spiro atoms. The largest absolute Gasteiger partial charge is 0.492 e. The van der Waals surface area contributed by atoms with E-state index in [1.54, 1.807) is 30.9 Å². The zero-order valence-corrected chi connectivity index (χ0v) is 22.4. The molecular weight excluding hydrogens is 489 g/mol. The Hall–Kier alpha value is -3.53. The van der Waals surface area contributed by atoms with Crippen LogP contribution in [0.3, 0.4) is 0 Å². The van der Waals surface area contributed by atoms with Crippen molar-refractivity contribution >= 4 is 22.8 Å². The molecule has 2 aliphatic rings. The number of hydrogen-bond donors (Lipinski definition) is 3. The van der Waals surface area contributed by atoms with Crippen molar-refractivity contribution in [1.29, 1.82) is 0 Å². The van der Waals surface area contributed by atoms with E-state index in [1.165, 1.54) is 13.3 Å². The molecule has 1 aliphatic carbocycles. The molecule has 0 bridgehead atoms. The number of aryl methyl sites for hydroxylation is 2. The molecule has 3 aromatic rings. The Balaban J connectivity index is 1.49. The topological polar surface area (TPSA) is 120 Å². The van der Waals surface area contributed by atoms with Gasteiger partial charge in [-0.1, -0.05) is 19.9 Å². The van der Waals surface area contributed by atoms with Gasteiger partial charge in [0.25, 0.3) is 11.8 Å². The SMILES string of the molecule is Cc1ccc(OCC2CC2)c(-c2ncnc3c(C(=O)NC4CN(C(=O)[C@H](C)O)CC4(C)C)c(C)[nH]c23)c1F. The maximum absolute atomic E-state index is 15.5. The lowest BCUT2D eigenvalue weighted by Gasteiger charge is -2.26. The van der Waals surface area contributed by atoms with E-state index in [2.05, 4.69) is 20.3 Å². The Kier molecular flexibility index (Phi) is 6.63. The van der Waals surface area contributed by atoms with Gasteiger partial charge in [-0.05, 0) is 51.2 Å². The minimum absolute atomic E-state index is 0.246. The van der Waals surface area contributed by atoms with Crippen molar-refractivity contribution < 1.29 is 23.8 Å². The van der Waals surface area contributed by atoms with Gasteiger partial charge in [0.2, 0.25) is 0 Å². The van der Waals surface area contributed by atoms with E-state index in [0.717, 1.165) is 12.8 Å². The second kappa shape index (κ2) is 9.65. The number of nitrogens with one attached hydrogen (secondary N) is 2. The smallest absolute Gasteiger partial charge is 0.255 e.